The normalized spacial score (nSPS) is 20.7. The van der Waals surface area contributed by atoms with Gasteiger partial charge in [0.1, 0.15) is 11.6 Å². The average Bonchev–Trinajstić information content (AvgIpc) is 3.29. The number of hydrogen-bond donors (Lipinski definition) is 0. The highest BCUT2D eigenvalue weighted by atomic mass is 32.1. The highest BCUT2D eigenvalue weighted by molar-refractivity contribution is 7.03. The molecule has 0 spiro atoms. The van der Waals surface area contributed by atoms with Gasteiger partial charge in [0.2, 0.25) is 5.91 Å². The fraction of sp³-hybridized carbons (Fsp3) is 0.667. The van der Waals surface area contributed by atoms with E-state index in [1.807, 2.05) is 17.2 Å². The lowest BCUT2D eigenvalue weighted by atomic mass is 9.95. The second kappa shape index (κ2) is 9.34. The van der Waals surface area contributed by atoms with E-state index in [-0.39, 0.29) is 5.91 Å². The lowest BCUT2D eigenvalue weighted by Gasteiger charge is -2.37. The number of nitrogens with zero attached hydrogens (tertiary/aromatic N) is 7. The summed E-state index contributed by atoms with van der Waals surface area (Å²) in [5, 5.41) is 6.23. The number of aryl methyl sites for hydroxylation is 1. The van der Waals surface area contributed by atoms with Crippen LogP contribution >= 0.6 is 11.5 Å². The Morgan fingerprint density at radius 2 is 2.00 bits per heavy atom. The number of aromatic nitrogens is 4. The van der Waals surface area contributed by atoms with E-state index in [1.165, 1.54) is 11.5 Å². The highest BCUT2D eigenvalue weighted by Gasteiger charge is 2.28. The molecule has 1 atom stereocenters. The topological polar surface area (TPSA) is 78.4 Å². The van der Waals surface area contributed by atoms with Crippen molar-refractivity contribution in [3.05, 3.63) is 28.7 Å². The number of likely N-dealkylation sites (tertiary alicyclic amines) is 1. The van der Waals surface area contributed by atoms with E-state index in [0.717, 1.165) is 75.1 Å². The number of carbonyl (C=O) groups excluding carboxylic acids is 1. The van der Waals surface area contributed by atoms with Crippen LogP contribution in [-0.2, 0) is 4.79 Å². The van der Waals surface area contributed by atoms with Gasteiger partial charge in [-0.3, -0.25) is 9.69 Å². The van der Waals surface area contributed by atoms with Crippen molar-refractivity contribution in [1.29, 1.82) is 0 Å². The Labute approximate surface area is 182 Å². The smallest absolute Gasteiger partial charge is 0.236 e. The summed E-state index contributed by atoms with van der Waals surface area (Å²) in [6, 6.07) is 2.06. The Kier molecular flexibility index (Phi) is 6.58. The molecule has 0 radical (unpaired) electrons. The summed E-state index contributed by atoms with van der Waals surface area (Å²) in [6.45, 7) is 11.9. The van der Waals surface area contributed by atoms with Gasteiger partial charge >= 0.3 is 0 Å². The third kappa shape index (κ3) is 4.95. The number of hydrogen-bond acceptors (Lipinski definition) is 8. The van der Waals surface area contributed by atoms with Crippen molar-refractivity contribution in [3.8, 4) is 0 Å². The maximum absolute atomic E-state index is 12.9. The maximum Gasteiger partial charge on any atom is 0.236 e. The Morgan fingerprint density at radius 3 is 2.70 bits per heavy atom. The summed E-state index contributed by atoms with van der Waals surface area (Å²) >= 11 is 1.39. The molecule has 2 aromatic heterocycles. The Hall–Kier alpha value is -2.13. The predicted molar refractivity (Wildman–Crippen MR) is 118 cm³/mol. The van der Waals surface area contributed by atoms with E-state index < -0.39 is 0 Å². The number of amides is 1. The second-order valence-electron chi connectivity index (χ2n) is 8.65. The molecule has 2 aromatic rings. The van der Waals surface area contributed by atoms with Crippen LogP contribution in [0.25, 0.3) is 0 Å². The number of anilines is 1. The zero-order valence-corrected chi connectivity index (χ0v) is 18.9. The standard InChI is InChI=1S/C21H31N7OS/c1-15(2)21-22-16(3)11-19(23-21)27-9-7-26(8-10-27)13-20(29)28-6-4-5-17(12-28)18-14-30-25-24-18/h11,14-15,17H,4-10,12-13H2,1-3H3/t17-/m1/s1. The Morgan fingerprint density at radius 1 is 1.20 bits per heavy atom. The van der Waals surface area contributed by atoms with Gasteiger partial charge in [0.25, 0.3) is 0 Å². The van der Waals surface area contributed by atoms with E-state index in [9.17, 15) is 4.79 Å². The minimum atomic E-state index is 0.233. The van der Waals surface area contributed by atoms with Gasteiger partial charge < -0.3 is 9.80 Å². The molecular weight excluding hydrogens is 398 g/mol. The first-order valence-corrected chi connectivity index (χ1v) is 11.7. The van der Waals surface area contributed by atoms with Crippen molar-refractivity contribution in [1.82, 2.24) is 29.4 Å². The molecule has 2 fully saturated rings. The molecule has 4 rings (SSSR count). The molecule has 2 aliphatic rings. The van der Waals surface area contributed by atoms with Crippen LogP contribution in [0.4, 0.5) is 5.82 Å². The molecule has 0 N–H and O–H groups in total. The minimum Gasteiger partial charge on any atom is -0.354 e. The van der Waals surface area contributed by atoms with Gasteiger partial charge in [-0.05, 0) is 31.3 Å². The Bertz CT molecular complexity index is 849. The first kappa shape index (κ1) is 21.1. The van der Waals surface area contributed by atoms with E-state index in [2.05, 4.69) is 44.3 Å². The van der Waals surface area contributed by atoms with Gasteiger partial charge in [0.15, 0.2) is 0 Å². The molecule has 0 bridgehead atoms. The van der Waals surface area contributed by atoms with Crippen LogP contribution in [0.5, 0.6) is 0 Å². The number of piperidine rings is 1. The molecule has 162 valence electrons. The van der Waals surface area contributed by atoms with Crippen molar-refractivity contribution >= 4 is 23.3 Å². The fourth-order valence-corrected chi connectivity index (χ4v) is 4.75. The molecule has 30 heavy (non-hydrogen) atoms. The lowest BCUT2D eigenvalue weighted by molar-refractivity contribution is -0.133. The second-order valence-corrected chi connectivity index (χ2v) is 9.26. The largest absolute Gasteiger partial charge is 0.354 e. The number of carbonyl (C=O) groups is 1. The zero-order valence-electron chi connectivity index (χ0n) is 18.1. The molecular formula is C21H31N7OS. The van der Waals surface area contributed by atoms with E-state index >= 15 is 0 Å². The van der Waals surface area contributed by atoms with Crippen molar-refractivity contribution in [2.75, 3.05) is 50.7 Å². The summed E-state index contributed by atoms with van der Waals surface area (Å²) < 4.78 is 3.98. The fourth-order valence-electron chi connectivity index (χ4n) is 4.22. The molecule has 0 aliphatic carbocycles. The van der Waals surface area contributed by atoms with E-state index in [0.29, 0.717) is 18.4 Å². The van der Waals surface area contributed by atoms with Gasteiger partial charge in [-0.25, -0.2) is 9.97 Å². The van der Waals surface area contributed by atoms with Crippen LogP contribution < -0.4 is 4.90 Å². The molecule has 0 aromatic carbocycles. The van der Waals surface area contributed by atoms with Gasteiger partial charge in [0.05, 0.1) is 12.2 Å². The molecule has 1 amide bonds. The maximum atomic E-state index is 12.9. The summed E-state index contributed by atoms with van der Waals surface area (Å²) in [7, 11) is 0. The van der Waals surface area contributed by atoms with Crippen molar-refractivity contribution in [2.24, 2.45) is 0 Å². The molecule has 0 unspecified atom stereocenters. The van der Waals surface area contributed by atoms with E-state index in [1.54, 1.807) is 0 Å². The summed E-state index contributed by atoms with van der Waals surface area (Å²) in [6.07, 6.45) is 2.12. The van der Waals surface area contributed by atoms with Crippen molar-refractivity contribution in [3.63, 3.8) is 0 Å². The third-order valence-corrected chi connectivity index (χ3v) is 6.52. The van der Waals surface area contributed by atoms with Gasteiger partial charge in [-0.1, -0.05) is 18.3 Å². The first-order valence-electron chi connectivity index (χ1n) is 10.9. The van der Waals surface area contributed by atoms with Crippen LogP contribution in [0.2, 0.25) is 0 Å². The molecule has 2 saturated heterocycles. The van der Waals surface area contributed by atoms with Crippen LogP contribution in [0.3, 0.4) is 0 Å². The molecule has 4 heterocycles. The molecule has 2 aliphatic heterocycles. The number of piperazine rings is 1. The lowest BCUT2D eigenvalue weighted by Crippen LogP contribution is -2.51. The summed E-state index contributed by atoms with van der Waals surface area (Å²) in [5.41, 5.74) is 2.04. The highest BCUT2D eigenvalue weighted by Crippen LogP contribution is 2.26. The first-order chi connectivity index (χ1) is 14.5. The van der Waals surface area contributed by atoms with Gasteiger partial charge in [-0.15, -0.1) is 5.10 Å². The SMILES string of the molecule is Cc1cc(N2CCN(CC(=O)N3CCC[C@@H](c4csnn4)C3)CC2)nc(C(C)C)n1. The quantitative estimate of drug-likeness (QED) is 0.721. The number of rotatable bonds is 5. The third-order valence-electron chi connectivity index (χ3n) is 6.00. The van der Waals surface area contributed by atoms with Crippen molar-refractivity contribution < 1.29 is 4.79 Å². The van der Waals surface area contributed by atoms with E-state index in [4.69, 9.17) is 4.98 Å². The molecule has 8 nitrogen and oxygen atoms in total. The summed E-state index contributed by atoms with van der Waals surface area (Å²) in [4.78, 5) is 28.8. The zero-order chi connectivity index (χ0) is 21.1. The molecule has 0 saturated carbocycles. The molecule has 9 heteroatoms. The van der Waals surface area contributed by atoms with Crippen LogP contribution in [-0.4, -0.2) is 81.1 Å². The monoisotopic (exact) mass is 429 g/mol. The average molecular weight is 430 g/mol. The van der Waals surface area contributed by atoms with Gasteiger partial charge in [-0.2, -0.15) is 0 Å². The minimum absolute atomic E-state index is 0.233. The van der Waals surface area contributed by atoms with Crippen LogP contribution in [0, 0.1) is 6.92 Å². The van der Waals surface area contributed by atoms with Gasteiger partial charge in [0, 0.05) is 68.2 Å². The predicted octanol–water partition coefficient (Wildman–Crippen LogP) is 2.29. The summed E-state index contributed by atoms with van der Waals surface area (Å²) in [5.74, 6) is 2.78. The van der Waals surface area contributed by atoms with Crippen LogP contribution in [0.1, 0.15) is 55.7 Å². The van der Waals surface area contributed by atoms with Crippen LogP contribution in [0.15, 0.2) is 11.4 Å². The van der Waals surface area contributed by atoms with Crippen molar-refractivity contribution in [2.45, 2.75) is 45.4 Å². The Balaban J connectivity index is 1.30.